The van der Waals surface area contributed by atoms with Crippen LogP contribution in [0.1, 0.15) is 27.2 Å². The first-order valence-electron chi connectivity index (χ1n) is 4.34. The molecule has 0 amide bonds. The zero-order valence-corrected chi connectivity index (χ0v) is 7.96. The summed E-state index contributed by atoms with van der Waals surface area (Å²) in [5.41, 5.74) is -0.386. The molecule has 0 bridgehead atoms. The number of hydrogen-bond acceptors (Lipinski definition) is 2. The van der Waals surface area contributed by atoms with Crippen molar-refractivity contribution in [1.82, 2.24) is 5.32 Å². The zero-order chi connectivity index (χ0) is 9.19. The summed E-state index contributed by atoms with van der Waals surface area (Å²) >= 11 is 0. The van der Waals surface area contributed by atoms with Crippen LogP contribution in [0.5, 0.6) is 0 Å². The van der Waals surface area contributed by atoms with E-state index in [1.165, 1.54) is 0 Å². The minimum Gasteiger partial charge on any atom is -0.460 e. The molecule has 0 aliphatic carbocycles. The fraction of sp³-hybridized carbons (Fsp3) is 0.889. The van der Waals surface area contributed by atoms with E-state index in [1.54, 1.807) is 0 Å². The van der Waals surface area contributed by atoms with Gasteiger partial charge >= 0.3 is 5.97 Å². The number of carbonyl (C=O) groups excluding carboxylic acids is 1. The van der Waals surface area contributed by atoms with Crippen molar-refractivity contribution < 1.29 is 9.53 Å². The van der Waals surface area contributed by atoms with E-state index in [2.05, 4.69) is 5.32 Å². The molecule has 1 radical (unpaired) electrons. The molecular weight excluding hydrogens is 154 g/mol. The van der Waals surface area contributed by atoms with Gasteiger partial charge in [0, 0.05) is 6.54 Å². The second-order valence-corrected chi connectivity index (χ2v) is 4.20. The summed E-state index contributed by atoms with van der Waals surface area (Å²) in [4.78, 5) is 11.4. The van der Waals surface area contributed by atoms with Crippen LogP contribution in [-0.4, -0.2) is 25.2 Å². The number of rotatable bonds is 1. The molecule has 0 N–H and O–H groups in total. The largest absolute Gasteiger partial charge is 0.460 e. The van der Waals surface area contributed by atoms with Gasteiger partial charge in [-0.3, -0.25) is 4.79 Å². The van der Waals surface area contributed by atoms with Crippen molar-refractivity contribution in [2.75, 3.05) is 13.1 Å². The second kappa shape index (κ2) is 3.44. The van der Waals surface area contributed by atoms with Crippen molar-refractivity contribution >= 4 is 5.97 Å². The van der Waals surface area contributed by atoms with Crippen molar-refractivity contribution in [3.8, 4) is 0 Å². The van der Waals surface area contributed by atoms with Gasteiger partial charge in [-0.15, -0.1) is 0 Å². The van der Waals surface area contributed by atoms with Crippen LogP contribution >= 0.6 is 0 Å². The molecule has 0 aromatic heterocycles. The monoisotopic (exact) mass is 170 g/mol. The lowest BCUT2D eigenvalue weighted by atomic mass is 9.97. The van der Waals surface area contributed by atoms with Crippen LogP contribution < -0.4 is 5.32 Å². The Morgan fingerprint density at radius 1 is 1.50 bits per heavy atom. The normalized spacial score (nSPS) is 24.1. The van der Waals surface area contributed by atoms with Crippen LogP contribution in [0.15, 0.2) is 0 Å². The van der Waals surface area contributed by atoms with Crippen molar-refractivity contribution in [1.29, 1.82) is 0 Å². The highest BCUT2D eigenvalue weighted by Gasteiger charge is 2.27. The van der Waals surface area contributed by atoms with Gasteiger partial charge in [-0.25, -0.2) is 5.32 Å². The summed E-state index contributed by atoms with van der Waals surface area (Å²) in [6.07, 6.45) is 0.929. The van der Waals surface area contributed by atoms with Crippen LogP contribution in [0.25, 0.3) is 0 Å². The molecule has 1 atom stereocenters. The molecule has 3 nitrogen and oxygen atoms in total. The van der Waals surface area contributed by atoms with Crippen LogP contribution in [0.2, 0.25) is 0 Å². The Hall–Kier alpha value is -0.570. The Bertz CT molecular complexity index is 166. The molecule has 1 aliphatic rings. The van der Waals surface area contributed by atoms with E-state index < -0.39 is 0 Å². The number of esters is 1. The highest BCUT2D eigenvalue weighted by molar-refractivity contribution is 5.75. The van der Waals surface area contributed by atoms with E-state index in [0.717, 1.165) is 13.0 Å². The Morgan fingerprint density at radius 3 is 2.58 bits per heavy atom. The van der Waals surface area contributed by atoms with E-state index in [0.29, 0.717) is 6.54 Å². The van der Waals surface area contributed by atoms with Gasteiger partial charge in [0.05, 0.1) is 12.0 Å². The highest BCUT2D eigenvalue weighted by atomic mass is 16.5. The van der Waals surface area contributed by atoms with Gasteiger partial charge in [0.1, 0.15) is 6.10 Å². The van der Waals surface area contributed by atoms with Crippen LogP contribution in [-0.2, 0) is 9.53 Å². The molecule has 0 aromatic rings. The molecule has 0 saturated carbocycles. The molecule has 69 valence electrons. The summed E-state index contributed by atoms with van der Waals surface area (Å²) in [5.74, 6) is -0.121. The predicted molar refractivity (Wildman–Crippen MR) is 45.8 cm³/mol. The lowest BCUT2D eigenvalue weighted by molar-refractivity contribution is -0.157. The van der Waals surface area contributed by atoms with Crippen LogP contribution in [0.3, 0.4) is 0 Å². The molecule has 1 fully saturated rings. The van der Waals surface area contributed by atoms with Gasteiger partial charge in [0.15, 0.2) is 0 Å². The third-order valence-corrected chi connectivity index (χ3v) is 1.83. The number of carbonyl (C=O) groups is 1. The lowest BCUT2D eigenvalue weighted by Crippen LogP contribution is -2.28. The molecule has 1 heterocycles. The van der Waals surface area contributed by atoms with Gasteiger partial charge in [0.2, 0.25) is 0 Å². The van der Waals surface area contributed by atoms with E-state index in [9.17, 15) is 4.79 Å². The van der Waals surface area contributed by atoms with E-state index in [-0.39, 0.29) is 17.5 Å². The zero-order valence-electron chi connectivity index (χ0n) is 7.96. The average Bonchev–Trinajstić information content (AvgIpc) is 2.37. The predicted octanol–water partition coefficient (Wildman–Crippen LogP) is 0.952. The van der Waals surface area contributed by atoms with E-state index >= 15 is 0 Å². The summed E-state index contributed by atoms with van der Waals surface area (Å²) in [7, 11) is 0. The smallest absolute Gasteiger partial charge is 0.311 e. The van der Waals surface area contributed by atoms with Gasteiger partial charge in [-0.05, 0) is 27.2 Å². The fourth-order valence-corrected chi connectivity index (χ4v) is 0.986. The maximum Gasteiger partial charge on any atom is 0.311 e. The Labute approximate surface area is 73.5 Å². The van der Waals surface area contributed by atoms with Crippen molar-refractivity contribution in [3.63, 3.8) is 0 Å². The van der Waals surface area contributed by atoms with Gasteiger partial charge < -0.3 is 4.74 Å². The summed E-state index contributed by atoms with van der Waals surface area (Å²) in [6, 6.07) is 0. The third kappa shape index (κ3) is 2.48. The quantitative estimate of drug-likeness (QED) is 0.550. The molecule has 1 rings (SSSR count). The number of ether oxygens (including phenoxy) is 1. The maximum atomic E-state index is 11.4. The minimum absolute atomic E-state index is 0.0386. The minimum atomic E-state index is -0.386. The standard InChI is InChI=1S/C9H16NO2/c1-9(2,3)8(11)12-7-4-5-10-6-7/h7H,4-6H2,1-3H3. The highest BCUT2D eigenvalue weighted by Crippen LogP contribution is 2.18. The first-order valence-corrected chi connectivity index (χ1v) is 4.34. The first-order chi connectivity index (χ1) is 5.50. The lowest BCUT2D eigenvalue weighted by Gasteiger charge is -2.19. The SMILES string of the molecule is CC(C)(C)C(=O)OC1CC[N]C1. The fourth-order valence-electron chi connectivity index (χ4n) is 0.986. The topological polar surface area (TPSA) is 40.4 Å². The third-order valence-electron chi connectivity index (χ3n) is 1.83. The Kier molecular flexibility index (Phi) is 2.73. The number of hydrogen-bond donors (Lipinski definition) is 0. The maximum absolute atomic E-state index is 11.4. The van der Waals surface area contributed by atoms with Crippen LogP contribution in [0, 0.1) is 5.41 Å². The van der Waals surface area contributed by atoms with Crippen molar-refractivity contribution in [3.05, 3.63) is 0 Å². The summed E-state index contributed by atoms with van der Waals surface area (Å²) in [5, 5.41) is 4.12. The van der Waals surface area contributed by atoms with Gasteiger partial charge in [-0.2, -0.15) is 0 Å². The molecule has 0 spiro atoms. The van der Waals surface area contributed by atoms with Gasteiger partial charge in [0.25, 0.3) is 0 Å². The van der Waals surface area contributed by atoms with Crippen LogP contribution in [0.4, 0.5) is 0 Å². The number of nitrogens with zero attached hydrogens (tertiary/aromatic N) is 1. The van der Waals surface area contributed by atoms with Crippen molar-refractivity contribution in [2.45, 2.75) is 33.3 Å². The molecule has 1 saturated heterocycles. The molecule has 12 heavy (non-hydrogen) atoms. The summed E-state index contributed by atoms with van der Waals surface area (Å²) < 4.78 is 5.24. The van der Waals surface area contributed by atoms with Gasteiger partial charge in [-0.1, -0.05) is 0 Å². The molecule has 3 heteroatoms. The average molecular weight is 170 g/mol. The molecular formula is C9H16NO2. The molecule has 0 aromatic carbocycles. The summed E-state index contributed by atoms with van der Waals surface area (Å²) in [6.45, 7) is 7.11. The molecule has 1 unspecified atom stereocenters. The molecule has 1 aliphatic heterocycles. The Balaban J connectivity index is 2.35. The van der Waals surface area contributed by atoms with E-state index in [1.807, 2.05) is 20.8 Å². The van der Waals surface area contributed by atoms with E-state index in [4.69, 9.17) is 4.74 Å². The Morgan fingerprint density at radius 2 is 2.17 bits per heavy atom. The first kappa shape index (κ1) is 9.52. The van der Waals surface area contributed by atoms with Crippen molar-refractivity contribution in [2.24, 2.45) is 5.41 Å². The second-order valence-electron chi connectivity index (χ2n) is 4.20.